The molecule has 4 heteroatoms. The lowest BCUT2D eigenvalue weighted by atomic mass is 10.0. The minimum absolute atomic E-state index is 0.615. The number of unbranched alkanes of at least 4 members (excludes halogenated alkanes) is 1. The van der Waals surface area contributed by atoms with Gasteiger partial charge in [0.25, 0.3) is 0 Å². The van der Waals surface area contributed by atoms with E-state index in [1.807, 2.05) is 6.07 Å². The van der Waals surface area contributed by atoms with Gasteiger partial charge in [0.15, 0.2) is 0 Å². The quantitative estimate of drug-likeness (QED) is 0.594. The molecule has 0 aromatic carbocycles. The van der Waals surface area contributed by atoms with Crippen molar-refractivity contribution in [1.29, 1.82) is 0 Å². The molecule has 3 nitrogen and oxygen atoms in total. The van der Waals surface area contributed by atoms with Gasteiger partial charge in [0.05, 0.1) is 11.6 Å². The van der Waals surface area contributed by atoms with Gasteiger partial charge in [-0.05, 0) is 30.9 Å². The Morgan fingerprint density at radius 2 is 2.10 bits per heavy atom. The van der Waals surface area contributed by atoms with Crippen LogP contribution in [0.5, 0.6) is 5.88 Å². The maximum atomic E-state index is 6.18. The highest BCUT2D eigenvalue weighted by Crippen LogP contribution is 2.21. The van der Waals surface area contributed by atoms with E-state index >= 15 is 0 Å². The van der Waals surface area contributed by atoms with Crippen molar-refractivity contribution < 1.29 is 4.74 Å². The summed E-state index contributed by atoms with van der Waals surface area (Å²) in [4.78, 5) is 4.27. The largest absolute Gasteiger partial charge is 0.477 e. The summed E-state index contributed by atoms with van der Waals surface area (Å²) in [6.07, 6.45) is 7.68. The molecular weight excluding hydrogens is 284 g/mol. The fourth-order valence-corrected chi connectivity index (χ4v) is 2.34. The van der Waals surface area contributed by atoms with Crippen molar-refractivity contribution in [2.24, 2.45) is 5.92 Å². The van der Waals surface area contributed by atoms with Crippen LogP contribution < -0.4 is 10.1 Å². The third-order valence-corrected chi connectivity index (χ3v) is 4.00. The number of nitrogens with zero attached hydrogens (tertiary/aromatic N) is 1. The predicted molar refractivity (Wildman–Crippen MR) is 90.0 cm³/mol. The Labute approximate surface area is 134 Å². The zero-order chi connectivity index (χ0) is 15.5. The van der Waals surface area contributed by atoms with E-state index < -0.39 is 0 Å². The van der Waals surface area contributed by atoms with Crippen molar-refractivity contribution >= 4 is 11.6 Å². The molecule has 0 aliphatic heterocycles. The first-order chi connectivity index (χ1) is 10.2. The van der Waals surface area contributed by atoms with Crippen molar-refractivity contribution in [3.8, 4) is 5.88 Å². The van der Waals surface area contributed by atoms with Gasteiger partial charge in [0.2, 0.25) is 5.88 Å². The van der Waals surface area contributed by atoms with Gasteiger partial charge < -0.3 is 10.1 Å². The number of ether oxygens (including phenoxy) is 1. The average molecular weight is 313 g/mol. The van der Waals surface area contributed by atoms with E-state index in [0.29, 0.717) is 16.8 Å². The minimum atomic E-state index is 0.615. The number of aromatic nitrogens is 1. The molecule has 1 aromatic rings. The summed E-state index contributed by atoms with van der Waals surface area (Å²) in [5.74, 6) is 1.30. The molecule has 1 heterocycles. The lowest BCUT2D eigenvalue weighted by molar-refractivity contribution is 0.225. The van der Waals surface area contributed by atoms with Crippen LogP contribution >= 0.6 is 11.6 Å². The summed E-state index contributed by atoms with van der Waals surface area (Å²) >= 11 is 6.18. The Morgan fingerprint density at radius 1 is 1.29 bits per heavy atom. The number of rotatable bonds is 11. The van der Waals surface area contributed by atoms with E-state index in [9.17, 15) is 0 Å². The van der Waals surface area contributed by atoms with Gasteiger partial charge in [-0.2, -0.15) is 0 Å². The molecule has 0 aliphatic carbocycles. The lowest BCUT2D eigenvalue weighted by Crippen LogP contribution is -2.15. The molecule has 0 saturated heterocycles. The standard InChI is InChI=1S/C17H29ClN2O/c1-4-7-8-14(6-3)13-21-17-10-15(11-19-9-5-2)16(18)12-20-17/h10,12,14,19H,4-9,11,13H2,1-3H3. The minimum Gasteiger partial charge on any atom is -0.477 e. The molecule has 0 fully saturated rings. The molecule has 0 bridgehead atoms. The van der Waals surface area contributed by atoms with Crippen molar-refractivity contribution in [3.05, 3.63) is 22.8 Å². The SMILES string of the molecule is CCCCC(CC)COc1cc(CNCCC)c(Cl)cn1. The molecular formula is C17H29ClN2O. The van der Waals surface area contributed by atoms with E-state index in [-0.39, 0.29) is 0 Å². The van der Waals surface area contributed by atoms with Crippen molar-refractivity contribution in [1.82, 2.24) is 10.3 Å². The molecule has 1 atom stereocenters. The summed E-state index contributed by atoms with van der Waals surface area (Å²) in [5.41, 5.74) is 1.05. The highest BCUT2D eigenvalue weighted by molar-refractivity contribution is 6.31. The third-order valence-electron chi connectivity index (χ3n) is 3.66. The molecule has 120 valence electrons. The van der Waals surface area contributed by atoms with E-state index in [2.05, 4.69) is 31.1 Å². The summed E-state index contributed by atoms with van der Waals surface area (Å²) in [5, 5.41) is 4.05. The van der Waals surface area contributed by atoms with E-state index in [1.54, 1.807) is 6.20 Å². The van der Waals surface area contributed by atoms with Crippen LogP contribution in [-0.4, -0.2) is 18.1 Å². The van der Waals surface area contributed by atoms with Crippen LogP contribution in [0.3, 0.4) is 0 Å². The monoisotopic (exact) mass is 312 g/mol. The van der Waals surface area contributed by atoms with Crippen LogP contribution in [0.25, 0.3) is 0 Å². The van der Waals surface area contributed by atoms with E-state index in [0.717, 1.165) is 38.1 Å². The van der Waals surface area contributed by atoms with Crippen LogP contribution in [0.4, 0.5) is 0 Å². The maximum absolute atomic E-state index is 6.18. The fraction of sp³-hybridized carbons (Fsp3) is 0.706. The normalized spacial score (nSPS) is 12.4. The van der Waals surface area contributed by atoms with Crippen LogP contribution in [0, 0.1) is 5.92 Å². The zero-order valence-electron chi connectivity index (χ0n) is 13.6. The molecule has 0 aliphatic rings. The molecule has 1 N–H and O–H groups in total. The fourth-order valence-electron chi connectivity index (χ4n) is 2.17. The van der Waals surface area contributed by atoms with Crippen LogP contribution in [0.15, 0.2) is 12.3 Å². The molecule has 1 aromatic heterocycles. The van der Waals surface area contributed by atoms with Gasteiger partial charge in [0, 0.05) is 18.8 Å². The second kappa shape index (κ2) is 10.9. The van der Waals surface area contributed by atoms with Crippen molar-refractivity contribution in [3.63, 3.8) is 0 Å². The van der Waals surface area contributed by atoms with Gasteiger partial charge in [-0.15, -0.1) is 0 Å². The highest BCUT2D eigenvalue weighted by Gasteiger charge is 2.09. The molecule has 0 saturated carbocycles. The Kier molecular flexibility index (Phi) is 9.44. The van der Waals surface area contributed by atoms with Gasteiger partial charge in [-0.3, -0.25) is 0 Å². The van der Waals surface area contributed by atoms with Crippen LogP contribution in [0.1, 0.15) is 58.4 Å². The van der Waals surface area contributed by atoms with E-state index in [1.165, 1.54) is 19.3 Å². The number of pyridine rings is 1. The smallest absolute Gasteiger partial charge is 0.213 e. The first kappa shape index (κ1) is 18.2. The van der Waals surface area contributed by atoms with Gasteiger partial charge >= 0.3 is 0 Å². The molecule has 1 unspecified atom stereocenters. The molecule has 21 heavy (non-hydrogen) atoms. The Hall–Kier alpha value is -0.800. The van der Waals surface area contributed by atoms with Gasteiger partial charge in [-0.25, -0.2) is 4.98 Å². The molecule has 0 amide bonds. The van der Waals surface area contributed by atoms with Crippen molar-refractivity contribution in [2.45, 2.75) is 59.4 Å². The second-order valence-electron chi connectivity index (χ2n) is 5.52. The highest BCUT2D eigenvalue weighted by atomic mass is 35.5. The lowest BCUT2D eigenvalue weighted by Gasteiger charge is -2.15. The number of nitrogens with one attached hydrogen (secondary N) is 1. The third kappa shape index (κ3) is 7.14. The molecule has 0 radical (unpaired) electrons. The van der Waals surface area contributed by atoms with Gasteiger partial charge in [-0.1, -0.05) is 51.6 Å². The van der Waals surface area contributed by atoms with Crippen molar-refractivity contribution in [2.75, 3.05) is 13.2 Å². The zero-order valence-corrected chi connectivity index (χ0v) is 14.4. The van der Waals surface area contributed by atoms with E-state index in [4.69, 9.17) is 16.3 Å². The average Bonchev–Trinajstić information content (AvgIpc) is 2.50. The summed E-state index contributed by atoms with van der Waals surface area (Å²) in [6, 6.07) is 1.96. The summed E-state index contributed by atoms with van der Waals surface area (Å²) in [7, 11) is 0. The number of hydrogen-bond acceptors (Lipinski definition) is 3. The Bertz CT molecular complexity index is 398. The number of hydrogen-bond donors (Lipinski definition) is 1. The van der Waals surface area contributed by atoms with Gasteiger partial charge in [0.1, 0.15) is 0 Å². The second-order valence-corrected chi connectivity index (χ2v) is 5.93. The Morgan fingerprint density at radius 3 is 2.76 bits per heavy atom. The molecule has 0 spiro atoms. The maximum Gasteiger partial charge on any atom is 0.213 e. The van der Waals surface area contributed by atoms with Crippen LogP contribution in [0.2, 0.25) is 5.02 Å². The molecule has 1 rings (SSSR count). The Balaban J connectivity index is 2.52. The first-order valence-corrected chi connectivity index (χ1v) is 8.56. The predicted octanol–water partition coefficient (Wildman–Crippen LogP) is 4.83. The summed E-state index contributed by atoms with van der Waals surface area (Å²) in [6.45, 7) is 9.09. The summed E-state index contributed by atoms with van der Waals surface area (Å²) < 4.78 is 5.86. The van der Waals surface area contributed by atoms with Crippen LogP contribution in [-0.2, 0) is 6.54 Å². The topological polar surface area (TPSA) is 34.1 Å². The number of halogens is 1. The first-order valence-electron chi connectivity index (χ1n) is 8.19.